The van der Waals surface area contributed by atoms with Gasteiger partial charge < -0.3 is 15.5 Å². The summed E-state index contributed by atoms with van der Waals surface area (Å²) in [5.74, 6) is -0.529. The lowest BCUT2D eigenvalue weighted by Crippen LogP contribution is -2.49. The van der Waals surface area contributed by atoms with Gasteiger partial charge in [0, 0.05) is 13.1 Å². The molecule has 0 aliphatic carbocycles. The summed E-state index contributed by atoms with van der Waals surface area (Å²) in [6.45, 7) is 6.46. The van der Waals surface area contributed by atoms with Gasteiger partial charge in [0.25, 0.3) is 0 Å². The van der Waals surface area contributed by atoms with Gasteiger partial charge in [0.15, 0.2) is 0 Å². The molecule has 0 fully saturated rings. The van der Waals surface area contributed by atoms with Crippen LogP contribution in [0.5, 0.6) is 0 Å². The van der Waals surface area contributed by atoms with Crippen LogP contribution < -0.4 is 10.6 Å². The molecule has 2 amide bonds. The zero-order valence-electron chi connectivity index (χ0n) is 14.1. The molecule has 1 atom stereocenters. The Morgan fingerprint density at radius 2 is 1.73 bits per heavy atom. The van der Waals surface area contributed by atoms with Crippen molar-refractivity contribution >= 4 is 11.8 Å². The number of rotatable bonds is 7. The van der Waals surface area contributed by atoms with Crippen LogP contribution in [0.4, 0.5) is 0 Å². The molecule has 0 radical (unpaired) electrons. The highest BCUT2D eigenvalue weighted by Gasteiger charge is 2.36. The Balaban J connectivity index is 2.60. The largest absolute Gasteiger partial charge is 0.354 e. The van der Waals surface area contributed by atoms with Crippen molar-refractivity contribution in [3.8, 4) is 0 Å². The maximum Gasteiger partial charge on any atom is 0.235 e. The monoisotopic (exact) mass is 305 g/mol. The number of likely N-dealkylation sites (N-methyl/N-ethyl adjacent to an activating group) is 1. The molecule has 0 aromatic heterocycles. The van der Waals surface area contributed by atoms with E-state index in [-0.39, 0.29) is 17.9 Å². The normalized spacial score (nSPS) is 12.8. The summed E-state index contributed by atoms with van der Waals surface area (Å²) in [5.41, 5.74) is -0.0883. The molecule has 1 aromatic carbocycles. The van der Waals surface area contributed by atoms with Crippen molar-refractivity contribution in [2.75, 3.05) is 27.2 Å². The fraction of sp³-hybridized carbons (Fsp3) is 0.529. The minimum atomic E-state index is -1.10. The topological polar surface area (TPSA) is 61.4 Å². The number of hydrogen-bond donors (Lipinski definition) is 2. The molecule has 5 heteroatoms. The summed E-state index contributed by atoms with van der Waals surface area (Å²) in [6.07, 6.45) is 0. The SMILES string of the molecule is CC(NC(=O)C(C)(C)C(=O)NCCN(C)C)c1ccccc1. The predicted molar refractivity (Wildman–Crippen MR) is 88.3 cm³/mol. The van der Waals surface area contributed by atoms with Gasteiger partial charge in [-0.25, -0.2) is 0 Å². The van der Waals surface area contributed by atoms with E-state index in [0.29, 0.717) is 6.54 Å². The van der Waals surface area contributed by atoms with E-state index in [1.54, 1.807) is 13.8 Å². The van der Waals surface area contributed by atoms with Crippen LogP contribution in [-0.4, -0.2) is 43.9 Å². The number of benzene rings is 1. The molecular formula is C17H27N3O2. The molecule has 5 nitrogen and oxygen atoms in total. The zero-order valence-corrected chi connectivity index (χ0v) is 14.1. The third-order valence-electron chi connectivity index (χ3n) is 3.63. The lowest BCUT2D eigenvalue weighted by Gasteiger charge is -2.25. The number of nitrogens with one attached hydrogen (secondary N) is 2. The summed E-state index contributed by atoms with van der Waals surface area (Å²) in [6, 6.07) is 9.56. The maximum absolute atomic E-state index is 12.4. The minimum Gasteiger partial charge on any atom is -0.354 e. The predicted octanol–water partition coefficient (Wildman–Crippen LogP) is 1.57. The second kappa shape index (κ2) is 7.94. The number of carbonyl (C=O) groups excluding carboxylic acids is 2. The highest BCUT2D eigenvalue weighted by molar-refractivity contribution is 6.04. The first-order chi connectivity index (χ1) is 10.2. The van der Waals surface area contributed by atoms with E-state index in [4.69, 9.17) is 0 Å². The van der Waals surface area contributed by atoms with Gasteiger partial charge in [-0.1, -0.05) is 30.3 Å². The Bertz CT molecular complexity index is 498. The Hall–Kier alpha value is -1.88. The fourth-order valence-corrected chi connectivity index (χ4v) is 1.92. The first kappa shape index (κ1) is 18.2. The molecule has 22 heavy (non-hydrogen) atoms. The van der Waals surface area contributed by atoms with Crippen LogP contribution in [0.15, 0.2) is 30.3 Å². The van der Waals surface area contributed by atoms with Gasteiger partial charge >= 0.3 is 0 Å². The van der Waals surface area contributed by atoms with E-state index in [0.717, 1.165) is 12.1 Å². The van der Waals surface area contributed by atoms with Gasteiger partial charge in [-0.15, -0.1) is 0 Å². The Morgan fingerprint density at radius 1 is 1.14 bits per heavy atom. The van der Waals surface area contributed by atoms with E-state index >= 15 is 0 Å². The summed E-state index contributed by atoms with van der Waals surface area (Å²) in [5, 5.41) is 5.71. The van der Waals surface area contributed by atoms with Crippen molar-refractivity contribution in [3.63, 3.8) is 0 Å². The highest BCUT2D eigenvalue weighted by atomic mass is 16.2. The van der Waals surface area contributed by atoms with E-state index in [1.165, 1.54) is 0 Å². The van der Waals surface area contributed by atoms with E-state index in [9.17, 15) is 9.59 Å². The molecule has 1 aromatic rings. The van der Waals surface area contributed by atoms with Crippen LogP contribution in [0.3, 0.4) is 0 Å². The summed E-state index contributed by atoms with van der Waals surface area (Å²) in [7, 11) is 3.87. The van der Waals surface area contributed by atoms with Crippen LogP contribution in [-0.2, 0) is 9.59 Å². The average Bonchev–Trinajstić information content (AvgIpc) is 2.47. The number of carbonyl (C=O) groups is 2. The van der Waals surface area contributed by atoms with Crippen LogP contribution in [0.25, 0.3) is 0 Å². The van der Waals surface area contributed by atoms with Crippen LogP contribution in [0.1, 0.15) is 32.4 Å². The second-order valence-corrected chi connectivity index (χ2v) is 6.29. The minimum absolute atomic E-state index is 0.137. The molecule has 0 heterocycles. The maximum atomic E-state index is 12.4. The quantitative estimate of drug-likeness (QED) is 0.752. The van der Waals surface area contributed by atoms with Gasteiger partial charge in [0.1, 0.15) is 5.41 Å². The third kappa shape index (κ3) is 5.15. The smallest absolute Gasteiger partial charge is 0.235 e. The molecule has 1 rings (SSSR count). The molecule has 122 valence electrons. The lowest BCUT2D eigenvalue weighted by molar-refractivity contribution is -0.141. The molecule has 0 saturated carbocycles. The van der Waals surface area contributed by atoms with Crippen molar-refractivity contribution in [2.24, 2.45) is 5.41 Å². The zero-order chi connectivity index (χ0) is 16.8. The van der Waals surface area contributed by atoms with E-state index in [1.807, 2.05) is 56.3 Å². The Labute approximate surface area is 133 Å². The van der Waals surface area contributed by atoms with Gasteiger partial charge in [0.05, 0.1) is 6.04 Å². The van der Waals surface area contributed by atoms with Gasteiger partial charge in [-0.05, 0) is 40.4 Å². The van der Waals surface area contributed by atoms with Gasteiger partial charge in [0.2, 0.25) is 11.8 Å². The second-order valence-electron chi connectivity index (χ2n) is 6.29. The summed E-state index contributed by atoms with van der Waals surface area (Å²) in [4.78, 5) is 26.6. The number of amides is 2. The van der Waals surface area contributed by atoms with Crippen molar-refractivity contribution in [1.82, 2.24) is 15.5 Å². The highest BCUT2D eigenvalue weighted by Crippen LogP contribution is 2.19. The first-order valence-electron chi connectivity index (χ1n) is 7.54. The van der Waals surface area contributed by atoms with Gasteiger partial charge in [-0.3, -0.25) is 9.59 Å². The van der Waals surface area contributed by atoms with Crippen molar-refractivity contribution in [2.45, 2.75) is 26.8 Å². The number of nitrogens with zero attached hydrogens (tertiary/aromatic N) is 1. The summed E-state index contributed by atoms with van der Waals surface area (Å²) >= 11 is 0. The van der Waals surface area contributed by atoms with E-state index < -0.39 is 5.41 Å². The van der Waals surface area contributed by atoms with Crippen molar-refractivity contribution < 1.29 is 9.59 Å². The first-order valence-corrected chi connectivity index (χ1v) is 7.54. The van der Waals surface area contributed by atoms with Crippen molar-refractivity contribution in [1.29, 1.82) is 0 Å². The van der Waals surface area contributed by atoms with Crippen LogP contribution in [0.2, 0.25) is 0 Å². The molecule has 0 spiro atoms. The van der Waals surface area contributed by atoms with Crippen molar-refractivity contribution in [3.05, 3.63) is 35.9 Å². The molecule has 0 bridgehead atoms. The van der Waals surface area contributed by atoms with E-state index in [2.05, 4.69) is 10.6 Å². The molecular weight excluding hydrogens is 278 g/mol. The molecule has 0 saturated heterocycles. The molecule has 0 aliphatic rings. The fourth-order valence-electron chi connectivity index (χ4n) is 1.92. The Kier molecular flexibility index (Phi) is 6.56. The standard InChI is InChI=1S/C17H27N3O2/c1-13(14-9-7-6-8-10-14)19-16(22)17(2,3)15(21)18-11-12-20(4)5/h6-10,13H,11-12H2,1-5H3,(H,18,21)(H,19,22). The van der Waals surface area contributed by atoms with Gasteiger partial charge in [-0.2, -0.15) is 0 Å². The average molecular weight is 305 g/mol. The third-order valence-corrected chi connectivity index (χ3v) is 3.63. The molecule has 2 N–H and O–H groups in total. The molecule has 1 unspecified atom stereocenters. The summed E-state index contributed by atoms with van der Waals surface area (Å²) < 4.78 is 0. The van der Waals surface area contributed by atoms with Crippen LogP contribution in [0, 0.1) is 5.41 Å². The number of hydrogen-bond acceptors (Lipinski definition) is 3. The van der Waals surface area contributed by atoms with Crippen LogP contribution >= 0.6 is 0 Å². The molecule has 0 aliphatic heterocycles. The lowest BCUT2D eigenvalue weighted by atomic mass is 9.90. The Morgan fingerprint density at radius 3 is 2.27 bits per heavy atom.